The van der Waals surface area contributed by atoms with E-state index < -0.39 is 237 Å². The van der Waals surface area contributed by atoms with Gasteiger partial charge in [0.1, 0.15) is 89.5 Å². The van der Waals surface area contributed by atoms with Crippen molar-refractivity contribution in [3.8, 4) is 57.1 Å². The number of nitrogens with one attached hydrogen (secondary N) is 7. The Bertz CT molecular complexity index is 4090. The number of phenols is 3. The van der Waals surface area contributed by atoms with Crippen molar-refractivity contribution >= 4 is 82.9 Å². The van der Waals surface area contributed by atoms with E-state index in [9.17, 15) is 75.0 Å². The Labute approximate surface area is 618 Å². The number of fused-ring (bicyclic) bond motifs is 15. The summed E-state index contributed by atoms with van der Waals surface area (Å²) in [4.78, 5) is 117. The van der Waals surface area contributed by atoms with E-state index >= 15 is 14.4 Å². The van der Waals surface area contributed by atoms with Crippen LogP contribution in [0.1, 0.15) is 105 Å². The van der Waals surface area contributed by atoms with Crippen LogP contribution in [-0.2, 0) is 52.6 Å². The SMILES string of the molecule is CNC(CC(C)C)C(=O)NC1C(=O)NC(CC(N)=O)C(=O)NC2C(=O)NC3C(=O)NC(C(=O)NC(C(=O)O)c4cc(O)cc(O)c4-c4cc3ccc4O)C(O)c3ccc(c(Cl)c3)Oc3cc2cc(c3OC2OC(CO)C(O)C(O)C2OC2CC(C)(N)C(O)C(C)O2)Oc2ccc(cc2Cl)C1O.Cl.O.O.O.O. The highest BCUT2D eigenvalue weighted by Crippen LogP contribution is 2.50. The van der Waals surface area contributed by atoms with E-state index in [1.807, 2.05) is 13.8 Å². The maximum atomic E-state index is 16.0. The Balaban J connectivity index is 0.00000403. The first kappa shape index (κ1) is 87.6. The molecule has 37 nitrogen and oxygen atoms in total. The fourth-order valence-electron chi connectivity index (χ4n) is 12.5. The number of likely N-dealkylation sites (N-methyl/N-ethyl adjacent to an activating group) is 1. The third-order valence-corrected chi connectivity index (χ3v) is 18.4. The van der Waals surface area contributed by atoms with Crippen LogP contribution in [0.25, 0.3) is 11.1 Å². The number of rotatable bonds is 13. The molecule has 0 spiro atoms. The molecule has 18 unspecified atom stereocenters. The standard InChI is InChI=1S/C66H75Cl2N9O24.ClH.4H2O/c1-23(2)12-34(71-5)58(88)76-49-51(83)26-7-10-38(32(67)14-26)97-40-16-28-17-41(55(40)101-65-56(54(86)53(85)42(22-78)99-65)100-44-21-66(4,70)57(87)24(3)96-44)98-39-11-8-27(15-33(39)68)52(84)50-63(93)75-48(64(94)95)31-18-29(79)19-37(81)45(31)30-13-25(6-9-36(30)80)46(60(90)77-50)74-61(91)47(28)73-59(89)35(20-43(69)82)72-62(49)92;;;;;/h6-11,13-19,23-24,34-35,42,44,46-54,56-57,65,71,78-81,83-87H,12,20-22,70H2,1-5H3,(H2,69,82)(H,72,92)(H,73,89)(H,74,91)(H,75,93)(H,76,88)(H,77,90)(H,94,95);1H;4*1H2. The van der Waals surface area contributed by atoms with Gasteiger partial charge in [0.05, 0.1) is 41.3 Å². The first-order chi connectivity index (χ1) is 47.7. The molecule has 7 heterocycles. The lowest BCUT2D eigenvalue weighted by atomic mass is 9.86. The second-order valence-electron chi connectivity index (χ2n) is 25.7. The van der Waals surface area contributed by atoms with Crippen LogP contribution in [0.5, 0.6) is 46.0 Å². The van der Waals surface area contributed by atoms with Gasteiger partial charge in [-0.3, -0.25) is 33.6 Å². The first-order valence-electron chi connectivity index (χ1n) is 31.6. The Morgan fingerprint density at radius 3 is 1.83 bits per heavy atom. The van der Waals surface area contributed by atoms with Crippen LogP contribution in [0.3, 0.4) is 0 Å². The van der Waals surface area contributed by atoms with Gasteiger partial charge in [-0.15, -0.1) is 12.4 Å². The largest absolute Gasteiger partial charge is 0.508 e. The zero-order chi connectivity index (χ0) is 73.5. The lowest BCUT2D eigenvalue weighted by molar-refractivity contribution is -0.333. The predicted octanol–water partition coefficient (Wildman–Crippen LogP) is -2.77. The summed E-state index contributed by atoms with van der Waals surface area (Å²) in [6.07, 6.45) is -18.6. The molecule has 11 bridgehead atoms. The fraction of sp³-hybridized carbons (Fsp3) is 0.424. The van der Waals surface area contributed by atoms with Crippen LogP contribution >= 0.6 is 35.6 Å². The van der Waals surface area contributed by atoms with Crippen LogP contribution in [0.2, 0.25) is 10.0 Å². The monoisotopic (exact) mass is 1560 g/mol. The molecule has 582 valence electrons. The molecule has 0 saturated carbocycles. The van der Waals surface area contributed by atoms with E-state index in [0.717, 1.165) is 66.7 Å². The molecule has 18 atom stereocenters. The Morgan fingerprint density at radius 2 is 1.27 bits per heavy atom. The summed E-state index contributed by atoms with van der Waals surface area (Å²) in [5.74, 6) is -16.0. The minimum absolute atomic E-state index is 0. The maximum absolute atomic E-state index is 16.0. The molecule has 2 fully saturated rings. The van der Waals surface area contributed by atoms with E-state index in [2.05, 4.69) is 37.2 Å². The number of hydrogen-bond acceptors (Lipinski definition) is 25. The zero-order valence-corrected chi connectivity index (χ0v) is 59.1. The number of aliphatic hydroxyl groups is 6. The molecule has 7 aliphatic heterocycles. The van der Waals surface area contributed by atoms with Gasteiger partial charge in [0, 0.05) is 34.7 Å². The highest BCUT2D eigenvalue weighted by Gasteiger charge is 2.51. The van der Waals surface area contributed by atoms with Gasteiger partial charge in [0.15, 0.2) is 29.9 Å². The molecular formula is C66H84Cl3N9O28. The van der Waals surface area contributed by atoms with Gasteiger partial charge >= 0.3 is 5.97 Å². The number of halogens is 3. The minimum atomic E-state index is -2.35. The van der Waals surface area contributed by atoms with Crippen molar-refractivity contribution in [2.24, 2.45) is 17.4 Å². The highest BCUT2D eigenvalue weighted by molar-refractivity contribution is 6.32. The Hall–Kier alpha value is -9.07. The van der Waals surface area contributed by atoms with Crippen molar-refractivity contribution in [2.75, 3.05) is 13.7 Å². The number of phenolic OH excluding ortho intramolecular Hbond substituents is 3. The number of carbonyl (C=O) groups is 8. The lowest BCUT2D eigenvalue weighted by Crippen LogP contribution is -2.64. The maximum Gasteiger partial charge on any atom is 0.330 e. The average molecular weight is 1560 g/mol. The third-order valence-electron chi connectivity index (χ3n) is 17.8. The smallest absolute Gasteiger partial charge is 0.330 e. The van der Waals surface area contributed by atoms with E-state index in [0.29, 0.717) is 0 Å². The van der Waals surface area contributed by atoms with Gasteiger partial charge in [-0.25, -0.2) is 4.79 Å². The third kappa shape index (κ3) is 18.5. The van der Waals surface area contributed by atoms with Crippen LogP contribution in [-0.4, -0.2) is 213 Å². The highest BCUT2D eigenvalue weighted by atomic mass is 35.5. The first-order valence-corrected chi connectivity index (χ1v) is 32.4. The van der Waals surface area contributed by atoms with E-state index in [1.54, 1.807) is 0 Å². The summed E-state index contributed by atoms with van der Waals surface area (Å²) in [5.41, 5.74) is 8.00. The van der Waals surface area contributed by atoms with Gasteiger partial charge in [0.25, 0.3) is 0 Å². The summed E-state index contributed by atoms with van der Waals surface area (Å²) >= 11 is 14.1. The number of primary amides is 1. The summed E-state index contributed by atoms with van der Waals surface area (Å²) in [6.45, 7) is 5.66. The molecule has 106 heavy (non-hydrogen) atoms. The number of ether oxygens (including phenoxy) is 6. The van der Waals surface area contributed by atoms with Gasteiger partial charge in [-0.1, -0.05) is 55.2 Å². The number of carboxylic acids is 1. The van der Waals surface area contributed by atoms with Crippen molar-refractivity contribution in [3.63, 3.8) is 0 Å². The molecule has 5 aromatic carbocycles. The molecule has 5 aromatic rings. The molecule has 0 aromatic heterocycles. The number of hydrogen-bond donors (Lipinski definition) is 19. The van der Waals surface area contributed by atoms with Crippen molar-refractivity contribution in [1.82, 2.24) is 37.2 Å². The molecule has 12 rings (SSSR count). The van der Waals surface area contributed by atoms with Crippen LogP contribution < -0.4 is 62.9 Å². The number of carboxylic acid groups (broad SMARTS) is 1. The number of amides is 7. The van der Waals surface area contributed by atoms with Crippen molar-refractivity contribution in [2.45, 2.75) is 156 Å². The number of carbonyl (C=O) groups excluding carboxylic acids is 7. The Morgan fingerprint density at radius 1 is 0.698 bits per heavy atom. The average Bonchev–Trinajstić information content (AvgIpc) is 0.769. The molecule has 2 saturated heterocycles. The lowest BCUT2D eigenvalue weighted by Gasteiger charge is -2.47. The number of aliphatic carboxylic acids is 1. The summed E-state index contributed by atoms with van der Waals surface area (Å²) in [7, 11) is 1.47. The quantitative estimate of drug-likeness (QED) is 0.0567. The summed E-state index contributed by atoms with van der Waals surface area (Å²) in [6, 6.07) is -0.679. The Kier molecular flexibility index (Phi) is 29.4. The number of aliphatic hydroxyl groups excluding tert-OH is 6. The molecule has 29 N–H and O–H groups in total. The predicted molar refractivity (Wildman–Crippen MR) is 371 cm³/mol. The van der Waals surface area contributed by atoms with Crippen molar-refractivity contribution in [1.29, 1.82) is 0 Å². The topological polar surface area (TPSA) is 656 Å². The summed E-state index contributed by atoms with van der Waals surface area (Å²) in [5, 5.41) is 131. The molecule has 7 amide bonds. The molecular weight excluding hydrogens is 1470 g/mol. The second kappa shape index (κ2) is 35.6. The second-order valence-corrected chi connectivity index (χ2v) is 26.5. The van der Waals surface area contributed by atoms with Gasteiger partial charge in [0.2, 0.25) is 53.4 Å². The van der Waals surface area contributed by atoms with Gasteiger partial charge in [-0.05, 0) is 110 Å². The van der Waals surface area contributed by atoms with Crippen molar-refractivity contribution < 1.29 is 140 Å². The minimum Gasteiger partial charge on any atom is -0.508 e. The zero-order valence-electron chi connectivity index (χ0n) is 56.7. The van der Waals surface area contributed by atoms with Crippen LogP contribution in [0.4, 0.5) is 0 Å². The van der Waals surface area contributed by atoms with Gasteiger partial charge < -0.3 is 150 Å². The number of benzene rings is 5. The van der Waals surface area contributed by atoms with Crippen LogP contribution in [0, 0.1) is 5.92 Å². The van der Waals surface area contributed by atoms with Crippen LogP contribution in [0.15, 0.2) is 78.9 Å². The molecule has 0 aliphatic carbocycles. The van der Waals surface area contributed by atoms with Gasteiger partial charge in [-0.2, -0.15) is 0 Å². The fourth-order valence-corrected chi connectivity index (χ4v) is 12.9. The number of aromatic hydroxyl groups is 3. The number of nitrogens with two attached hydrogens (primary N) is 2. The van der Waals surface area contributed by atoms with E-state index in [-0.39, 0.29) is 80.5 Å². The van der Waals surface area contributed by atoms with E-state index in [4.69, 9.17) is 63.1 Å². The molecule has 0 radical (unpaired) electrons. The normalized spacial score (nSPS) is 28.0. The van der Waals surface area contributed by atoms with Crippen molar-refractivity contribution in [3.05, 3.63) is 117 Å². The summed E-state index contributed by atoms with van der Waals surface area (Å²) < 4.78 is 38.3. The van der Waals surface area contributed by atoms with E-state index in [1.165, 1.54) is 33.0 Å². The molecule has 7 aliphatic rings. The molecule has 40 heteroatoms.